The van der Waals surface area contributed by atoms with Crippen molar-refractivity contribution >= 4 is 23.1 Å². The average Bonchev–Trinajstić information content (AvgIpc) is 3.16. The highest BCUT2D eigenvalue weighted by molar-refractivity contribution is 7.10. The fourth-order valence-electron chi connectivity index (χ4n) is 2.91. The first-order valence-corrected chi connectivity index (χ1v) is 10.5. The third-order valence-electron chi connectivity index (χ3n) is 4.34. The molecular formula is C22H29NO4S. The molecule has 0 saturated heterocycles. The Bertz CT molecular complexity index is 754. The van der Waals surface area contributed by atoms with Crippen LogP contribution in [0.25, 0.3) is 11.1 Å². The van der Waals surface area contributed by atoms with E-state index in [1.165, 1.54) is 12.0 Å². The topological polar surface area (TPSA) is 64.6 Å². The van der Waals surface area contributed by atoms with Gasteiger partial charge in [0, 0.05) is 30.9 Å². The average molecular weight is 404 g/mol. The number of carbonyl (C=O) groups is 2. The van der Waals surface area contributed by atoms with Gasteiger partial charge in [-0.05, 0) is 41.5 Å². The van der Waals surface area contributed by atoms with Gasteiger partial charge in [0.2, 0.25) is 0 Å². The number of esters is 1. The Balaban J connectivity index is 1.93. The summed E-state index contributed by atoms with van der Waals surface area (Å²) in [6.45, 7) is 5.47. The van der Waals surface area contributed by atoms with E-state index in [1.54, 1.807) is 11.3 Å². The molecule has 0 amide bonds. The maximum atomic E-state index is 11.8. The first kappa shape index (κ1) is 22.3. The van der Waals surface area contributed by atoms with E-state index in [0.717, 1.165) is 23.1 Å². The van der Waals surface area contributed by atoms with Crippen molar-refractivity contribution in [3.63, 3.8) is 0 Å². The van der Waals surface area contributed by atoms with Crippen molar-refractivity contribution in [1.82, 2.24) is 5.32 Å². The van der Waals surface area contributed by atoms with Crippen LogP contribution < -0.4 is 5.32 Å². The molecule has 2 aromatic rings. The third kappa shape index (κ3) is 6.86. The lowest BCUT2D eigenvalue weighted by molar-refractivity contribution is -0.153. The van der Waals surface area contributed by atoms with Crippen LogP contribution in [-0.4, -0.2) is 38.1 Å². The van der Waals surface area contributed by atoms with Crippen LogP contribution in [0.2, 0.25) is 0 Å². The maximum absolute atomic E-state index is 11.8. The number of Topliss-reactive ketones (excluding diaryl/α,β-unsaturated/α-hetero) is 1. The fourth-order valence-corrected chi connectivity index (χ4v) is 3.77. The largest absolute Gasteiger partial charge is 0.467 e. The summed E-state index contributed by atoms with van der Waals surface area (Å²) in [5.74, 6) is -0.0921. The number of methoxy groups -OCH3 is 1. The van der Waals surface area contributed by atoms with Crippen LogP contribution in [0.5, 0.6) is 0 Å². The Kier molecular flexibility index (Phi) is 9.34. The van der Waals surface area contributed by atoms with Gasteiger partial charge in [0.15, 0.2) is 6.10 Å². The summed E-state index contributed by atoms with van der Waals surface area (Å²) < 4.78 is 10.3. The van der Waals surface area contributed by atoms with Gasteiger partial charge in [-0.2, -0.15) is 0 Å². The SMILES string of the molecule is CCCC(=O)CNCc1cc(-c2ccc(CC(OCC)C(=O)OC)cc2)cs1. The second-order valence-electron chi connectivity index (χ2n) is 6.56. The Labute approximate surface area is 171 Å². The maximum Gasteiger partial charge on any atom is 0.335 e. The molecule has 152 valence electrons. The Morgan fingerprint density at radius 2 is 1.89 bits per heavy atom. The molecule has 1 unspecified atom stereocenters. The standard InChI is InChI=1S/C22H29NO4S/c1-4-6-19(24)13-23-14-20-12-18(15-28-20)17-9-7-16(8-10-17)11-21(27-5-2)22(25)26-3/h7-10,12,15,21,23H,4-6,11,13-14H2,1-3H3. The van der Waals surface area contributed by atoms with Gasteiger partial charge in [0.25, 0.3) is 0 Å². The van der Waals surface area contributed by atoms with E-state index < -0.39 is 6.10 Å². The molecule has 1 N–H and O–H groups in total. The summed E-state index contributed by atoms with van der Waals surface area (Å²) in [7, 11) is 1.38. The van der Waals surface area contributed by atoms with Gasteiger partial charge < -0.3 is 14.8 Å². The highest BCUT2D eigenvalue weighted by Gasteiger charge is 2.19. The molecule has 0 saturated carbocycles. The molecule has 0 aliphatic heterocycles. The smallest absolute Gasteiger partial charge is 0.335 e. The van der Waals surface area contributed by atoms with E-state index in [9.17, 15) is 9.59 Å². The van der Waals surface area contributed by atoms with Crippen LogP contribution in [0.1, 0.15) is 37.1 Å². The first-order chi connectivity index (χ1) is 13.6. The number of ether oxygens (including phenoxy) is 2. The zero-order valence-corrected chi connectivity index (χ0v) is 17.6. The van der Waals surface area contributed by atoms with Crippen molar-refractivity contribution in [2.45, 2.75) is 45.8 Å². The number of hydrogen-bond acceptors (Lipinski definition) is 6. The summed E-state index contributed by atoms with van der Waals surface area (Å²) in [6.07, 6.45) is 1.45. The molecule has 1 heterocycles. The van der Waals surface area contributed by atoms with E-state index >= 15 is 0 Å². The lowest BCUT2D eigenvalue weighted by Crippen LogP contribution is -2.28. The van der Waals surface area contributed by atoms with E-state index in [4.69, 9.17) is 9.47 Å². The van der Waals surface area contributed by atoms with Crippen molar-refractivity contribution in [1.29, 1.82) is 0 Å². The highest BCUT2D eigenvalue weighted by Crippen LogP contribution is 2.26. The highest BCUT2D eigenvalue weighted by atomic mass is 32.1. The van der Waals surface area contributed by atoms with Crippen LogP contribution >= 0.6 is 11.3 Å². The van der Waals surface area contributed by atoms with Crippen molar-refractivity contribution in [3.8, 4) is 11.1 Å². The van der Waals surface area contributed by atoms with E-state index in [0.29, 0.717) is 32.5 Å². The van der Waals surface area contributed by atoms with Crippen molar-refractivity contribution in [2.75, 3.05) is 20.3 Å². The van der Waals surface area contributed by atoms with E-state index in [-0.39, 0.29) is 11.8 Å². The number of nitrogens with one attached hydrogen (secondary N) is 1. The molecule has 1 atom stereocenters. The second kappa shape index (κ2) is 11.7. The van der Waals surface area contributed by atoms with Gasteiger partial charge in [-0.25, -0.2) is 4.79 Å². The van der Waals surface area contributed by atoms with Crippen molar-refractivity contribution in [2.24, 2.45) is 0 Å². The molecule has 1 aromatic heterocycles. The predicted molar refractivity (Wildman–Crippen MR) is 113 cm³/mol. The molecule has 1 aromatic carbocycles. The number of hydrogen-bond donors (Lipinski definition) is 1. The minimum Gasteiger partial charge on any atom is -0.467 e. The van der Waals surface area contributed by atoms with Gasteiger partial charge in [0.05, 0.1) is 13.7 Å². The molecule has 5 nitrogen and oxygen atoms in total. The normalized spacial score (nSPS) is 12.0. The Hall–Kier alpha value is -2.02. The minimum absolute atomic E-state index is 0.257. The van der Waals surface area contributed by atoms with E-state index in [1.807, 2.05) is 26.0 Å². The van der Waals surface area contributed by atoms with Crippen LogP contribution in [-0.2, 0) is 32.0 Å². The summed E-state index contributed by atoms with van der Waals surface area (Å²) in [5, 5.41) is 5.34. The number of carbonyl (C=O) groups excluding carboxylic acids is 2. The molecule has 0 radical (unpaired) electrons. The van der Waals surface area contributed by atoms with Gasteiger partial charge >= 0.3 is 5.97 Å². The molecule has 0 aliphatic carbocycles. The quantitative estimate of drug-likeness (QED) is 0.543. The van der Waals surface area contributed by atoms with Crippen LogP contribution in [0.3, 0.4) is 0 Å². The molecule has 0 fully saturated rings. The molecule has 2 rings (SSSR count). The number of ketones is 1. The van der Waals surface area contributed by atoms with Crippen LogP contribution in [0, 0.1) is 0 Å². The Morgan fingerprint density at radius 1 is 1.14 bits per heavy atom. The number of thiophene rings is 1. The summed E-state index contributed by atoms with van der Waals surface area (Å²) in [4.78, 5) is 24.6. The zero-order valence-electron chi connectivity index (χ0n) is 16.8. The Morgan fingerprint density at radius 3 is 2.54 bits per heavy atom. The number of rotatable bonds is 12. The lowest BCUT2D eigenvalue weighted by Gasteiger charge is -2.14. The monoisotopic (exact) mass is 403 g/mol. The molecule has 0 bridgehead atoms. The lowest BCUT2D eigenvalue weighted by atomic mass is 10.0. The summed E-state index contributed by atoms with van der Waals surface area (Å²) in [6, 6.07) is 10.3. The van der Waals surface area contributed by atoms with Gasteiger partial charge in [-0.3, -0.25) is 4.79 Å². The third-order valence-corrected chi connectivity index (χ3v) is 5.28. The molecule has 0 aliphatic rings. The minimum atomic E-state index is -0.574. The molecule has 28 heavy (non-hydrogen) atoms. The fraction of sp³-hybridized carbons (Fsp3) is 0.455. The summed E-state index contributed by atoms with van der Waals surface area (Å²) in [5.41, 5.74) is 3.31. The number of benzene rings is 1. The first-order valence-electron chi connectivity index (χ1n) is 9.65. The van der Waals surface area contributed by atoms with Crippen LogP contribution in [0.4, 0.5) is 0 Å². The predicted octanol–water partition coefficient (Wildman–Crippen LogP) is 3.99. The van der Waals surface area contributed by atoms with Crippen molar-refractivity contribution < 1.29 is 19.1 Å². The van der Waals surface area contributed by atoms with E-state index in [2.05, 4.69) is 28.9 Å². The molecule has 6 heteroatoms. The second-order valence-corrected chi connectivity index (χ2v) is 7.56. The zero-order chi connectivity index (χ0) is 20.4. The van der Waals surface area contributed by atoms with Crippen molar-refractivity contribution in [3.05, 3.63) is 46.2 Å². The van der Waals surface area contributed by atoms with Gasteiger partial charge in [-0.1, -0.05) is 31.2 Å². The van der Waals surface area contributed by atoms with Gasteiger partial charge in [-0.15, -0.1) is 11.3 Å². The van der Waals surface area contributed by atoms with Gasteiger partial charge in [0.1, 0.15) is 5.78 Å². The molecule has 0 spiro atoms. The van der Waals surface area contributed by atoms with Crippen LogP contribution in [0.15, 0.2) is 35.7 Å². The molecular weight excluding hydrogens is 374 g/mol. The summed E-state index contributed by atoms with van der Waals surface area (Å²) >= 11 is 1.68.